The van der Waals surface area contributed by atoms with Crippen molar-refractivity contribution in [1.82, 2.24) is 9.97 Å². The second-order valence-electron chi connectivity index (χ2n) is 6.16. The summed E-state index contributed by atoms with van der Waals surface area (Å²) in [6, 6.07) is 13.1. The molecule has 0 radical (unpaired) electrons. The van der Waals surface area contributed by atoms with Gasteiger partial charge in [0.2, 0.25) is 0 Å². The Hall–Kier alpha value is -2.35. The Morgan fingerprint density at radius 3 is 2.77 bits per heavy atom. The van der Waals surface area contributed by atoms with E-state index < -0.39 is 0 Å². The fourth-order valence-corrected chi connectivity index (χ4v) is 3.31. The van der Waals surface area contributed by atoms with Crippen LogP contribution in [0.3, 0.4) is 0 Å². The molecule has 0 unspecified atom stereocenters. The minimum atomic E-state index is 1.14. The predicted molar refractivity (Wildman–Crippen MR) is 92.7 cm³/mol. The molecule has 0 saturated heterocycles. The minimum Gasteiger partial charge on any atom is -0.359 e. The third-order valence-electron chi connectivity index (χ3n) is 4.47. The normalized spacial score (nSPS) is 15.0. The number of allylic oxidation sites excluding steroid dienone is 2. The number of H-pyrrole nitrogens is 1. The number of fused-ring (bicyclic) bond motifs is 1. The van der Waals surface area contributed by atoms with Crippen LogP contribution in [0.5, 0.6) is 0 Å². The van der Waals surface area contributed by atoms with Gasteiger partial charge >= 0.3 is 0 Å². The molecule has 22 heavy (non-hydrogen) atoms. The smallest absolute Gasteiger partial charge is 0.0664 e. The largest absolute Gasteiger partial charge is 0.359 e. The van der Waals surface area contributed by atoms with E-state index in [0.717, 1.165) is 12.1 Å². The van der Waals surface area contributed by atoms with E-state index in [1.807, 2.05) is 6.20 Å². The highest BCUT2D eigenvalue weighted by atomic mass is 14.7. The molecule has 0 aliphatic heterocycles. The van der Waals surface area contributed by atoms with Crippen LogP contribution in [-0.4, -0.2) is 9.97 Å². The zero-order chi connectivity index (χ0) is 14.9. The van der Waals surface area contributed by atoms with Crippen LogP contribution in [0.25, 0.3) is 27.6 Å². The van der Waals surface area contributed by atoms with Gasteiger partial charge in [0.05, 0.1) is 5.69 Å². The molecule has 110 valence electrons. The van der Waals surface area contributed by atoms with Crippen molar-refractivity contribution in [3.8, 4) is 11.1 Å². The van der Waals surface area contributed by atoms with E-state index in [-0.39, 0.29) is 0 Å². The highest BCUT2D eigenvalue weighted by molar-refractivity contribution is 5.86. The lowest BCUT2D eigenvalue weighted by molar-refractivity contribution is 0.740. The molecular formula is C20H20N2. The van der Waals surface area contributed by atoms with Gasteiger partial charge in [-0.1, -0.05) is 12.1 Å². The summed E-state index contributed by atoms with van der Waals surface area (Å²) in [5.74, 6) is 0. The number of pyridine rings is 1. The van der Waals surface area contributed by atoms with E-state index >= 15 is 0 Å². The van der Waals surface area contributed by atoms with Crippen LogP contribution in [0, 0.1) is 6.92 Å². The fraction of sp³-hybridized carbons (Fsp3) is 0.250. The molecule has 0 fully saturated rings. The van der Waals surface area contributed by atoms with Crippen LogP contribution >= 0.6 is 0 Å². The zero-order valence-corrected chi connectivity index (χ0v) is 12.9. The maximum atomic E-state index is 4.58. The lowest BCUT2D eigenvalue weighted by Crippen LogP contribution is -1.95. The molecule has 2 heteroatoms. The lowest BCUT2D eigenvalue weighted by atomic mass is 9.95. The number of rotatable bonds is 2. The molecule has 1 aliphatic rings. The molecule has 1 N–H and O–H groups in total. The number of benzene rings is 1. The van der Waals surface area contributed by atoms with Crippen molar-refractivity contribution in [1.29, 1.82) is 0 Å². The second-order valence-corrected chi connectivity index (χ2v) is 6.16. The fourth-order valence-electron chi connectivity index (χ4n) is 3.31. The molecule has 3 aromatic rings. The molecule has 0 bridgehead atoms. The van der Waals surface area contributed by atoms with Gasteiger partial charge in [0.1, 0.15) is 0 Å². The van der Waals surface area contributed by atoms with Crippen molar-refractivity contribution in [2.75, 3.05) is 0 Å². The third kappa shape index (κ3) is 2.45. The highest BCUT2D eigenvalue weighted by Gasteiger charge is 2.09. The van der Waals surface area contributed by atoms with Crippen LogP contribution in [0.15, 0.2) is 48.7 Å². The number of aromatic amines is 1. The standard InChI is InChI=1S/C20H20N2/c1-14-11-18-12-16(7-8-19(18)22-14)17-9-10-21-20(13-17)15-5-3-2-4-6-15/h5,7-13,22H,2-4,6H2,1H3. The second kappa shape index (κ2) is 5.45. The van der Waals surface area contributed by atoms with Gasteiger partial charge in [0.15, 0.2) is 0 Å². The summed E-state index contributed by atoms with van der Waals surface area (Å²) in [5.41, 5.74) is 7.46. The number of hydrogen-bond donors (Lipinski definition) is 1. The molecule has 0 spiro atoms. The first-order valence-electron chi connectivity index (χ1n) is 8.05. The Morgan fingerprint density at radius 1 is 1.00 bits per heavy atom. The molecule has 1 aromatic carbocycles. The number of aryl methyl sites for hydroxylation is 1. The van der Waals surface area contributed by atoms with Crippen molar-refractivity contribution in [2.24, 2.45) is 0 Å². The van der Waals surface area contributed by atoms with E-state index in [2.05, 4.69) is 59.4 Å². The van der Waals surface area contributed by atoms with Crippen molar-refractivity contribution in [3.05, 3.63) is 60.1 Å². The van der Waals surface area contributed by atoms with Gasteiger partial charge in [-0.2, -0.15) is 0 Å². The summed E-state index contributed by atoms with van der Waals surface area (Å²) in [4.78, 5) is 7.96. The summed E-state index contributed by atoms with van der Waals surface area (Å²) in [7, 11) is 0. The van der Waals surface area contributed by atoms with Gasteiger partial charge in [-0.25, -0.2) is 0 Å². The van der Waals surface area contributed by atoms with Crippen LogP contribution in [-0.2, 0) is 0 Å². The topological polar surface area (TPSA) is 28.7 Å². The Bertz CT molecular complexity index is 855. The lowest BCUT2D eigenvalue weighted by Gasteiger charge is -2.13. The first-order valence-corrected chi connectivity index (χ1v) is 8.05. The number of aromatic nitrogens is 2. The first kappa shape index (κ1) is 13.3. The number of nitrogens with one attached hydrogen (secondary N) is 1. The van der Waals surface area contributed by atoms with Gasteiger partial charge in [-0.05, 0) is 79.6 Å². The van der Waals surface area contributed by atoms with E-state index in [9.17, 15) is 0 Å². The van der Waals surface area contributed by atoms with Crippen molar-refractivity contribution < 1.29 is 0 Å². The third-order valence-corrected chi connectivity index (χ3v) is 4.47. The molecule has 2 nitrogen and oxygen atoms in total. The Kier molecular flexibility index (Phi) is 3.30. The zero-order valence-electron chi connectivity index (χ0n) is 12.9. The summed E-state index contributed by atoms with van der Waals surface area (Å²) < 4.78 is 0. The highest BCUT2D eigenvalue weighted by Crippen LogP contribution is 2.29. The molecule has 1 aliphatic carbocycles. The Balaban J connectivity index is 1.75. The molecule has 0 amide bonds. The van der Waals surface area contributed by atoms with Gasteiger partial charge in [0.25, 0.3) is 0 Å². The summed E-state index contributed by atoms with van der Waals surface area (Å²) in [5, 5.41) is 1.27. The molecule has 2 heterocycles. The summed E-state index contributed by atoms with van der Waals surface area (Å²) in [6.07, 6.45) is 9.24. The van der Waals surface area contributed by atoms with Gasteiger partial charge in [-0.3, -0.25) is 4.98 Å². The molecule has 0 saturated carbocycles. The molecule has 0 atom stereocenters. The van der Waals surface area contributed by atoms with Crippen molar-refractivity contribution in [2.45, 2.75) is 32.6 Å². The van der Waals surface area contributed by atoms with E-state index in [1.54, 1.807) is 0 Å². The SMILES string of the molecule is Cc1cc2cc(-c3ccnc(C4=CCCCC4)c3)ccc2[nH]1. The molecule has 2 aromatic heterocycles. The van der Waals surface area contributed by atoms with Crippen LogP contribution in [0.1, 0.15) is 37.1 Å². The van der Waals surface area contributed by atoms with Crippen LogP contribution in [0.2, 0.25) is 0 Å². The first-order chi connectivity index (χ1) is 10.8. The van der Waals surface area contributed by atoms with Crippen LogP contribution in [0.4, 0.5) is 0 Å². The monoisotopic (exact) mass is 288 g/mol. The van der Waals surface area contributed by atoms with Gasteiger partial charge < -0.3 is 4.98 Å². The maximum Gasteiger partial charge on any atom is 0.0664 e. The van der Waals surface area contributed by atoms with Crippen LogP contribution < -0.4 is 0 Å². The average molecular weight is 288 g/mol. The summed E-state index contributed by atoms with van der Waals surface area (Å²) in [6.45, 7) is 2.10. The predicted octanol–water partition coefficient (Wildman–Crippen LogP) is 5.50. The minimum absolute atomic E-state index is 1.14. The molecule has 4 rings (SSSR count). The van der Waals surface area contributed by atoms with E-state index in [0.29, 0.717) is 0 Å². The van der Waals surface area contributed by atoms with Crippen molar-refractivity contribution in [3.63, 3.8) is 0 Å². The number of nitrogens with zero attached hydrogens (tertiary/aromatic N) is 1. The van der Waals surface area contributed by atoms with E-state index in [1.165, 1.54) is 52.6 Å². The quantitative estimate of drug-likeness (QED) is 0.663. The summed E-state index contributed by atoms with van der Waals surface area (Å²) >= 11 is 0. The van der Waals surface area contributed by atoms with Gasteiger partial charge in [-0.15, -0.1) is 0 Å². The average Bonchev–Trinajstić information content (AvgIpc) is 2.95. The maximum absolute atomic E-state index is 4.58. The van der Waals surface area contributed by atoms with E-state index in [4.69, 9.17) is 0 Å². The molecular weight excluding hydrogens is 268 g/mol. The van der Waals surface area contributed by atoms with Gasteiger partial charge in [0, 0.05) is 22.8 Å². The number of hydrogen-bond acceptors (Lipinski definition) is 1. The Labute approximate surface area is 130 Å². The van der Waals surface area contributed by atoms with Crippen molar-refractivity contribution >= 4 is 16.5 Å². The Morgan fingerprint density at radius 2 is 1.91 bits per heavy atom.